The van der Waals surface area contributed by atoms with Crippen molar-refractivity contribution in [3.8, 4) is 0 Å². The van der Waals surface area contributed by atoms with E-state index in [1.807, 2.05) is 0 Å². The van der Waals surface area contributed by atoms with Gasteiger partial charge in [-0.05, 0) is 63.7 Å². The quantitative estimate of drug-likeness (QED) is 0.771. The minimum atomic E-state index is -0.138. The van der Waals surface area contributed by atoms with Gasteiger partial charge in [0.1, 0.15) is 0 Å². The first-order valence-electron chi connectivity index (χ1n) is 11.7. The van der Waals surface area contributed by atoms with Crippen molar-refractivity contribution in [1.29, 1.82) is 0 Å². The molecule has 2 aliphatic heterocycles. The van der Waals surface area contributed by atoms with Gasteiger partial charge in [0.15, 0.2) is 0 Å². The van der Waals surface area contributed by atoms with Crippen molar-refractivity contribution in [3.05, 3.63) is 0 Å². The van der Waals surface area contributed by atoms with Crippen molar-refractivity contribution < 1.29 is 9.90 Å². The lowest BCUT2D eigenvalue weighted by Crippen LogP contribution is -2.52. The second-order valence-corrected chi connectivity index (χ2v) is 9.54. The first-order valence-corrected chi connectivity index (χ1v) is 11.7. The highest BCUT2D eigenvalue weighted by atomic mass is 16.3. The third-order valence-electron chi connectivity index (χ3n) is 7.79. The van der Waals surface area contributed by atoms with E-state index in [1.54, 1.807) is 0 Å². The summed E-state index contributed by atoms with van der Waals surface area (Å²) in [5.74, 6) is 0.922. The minimum Gasteiger partial charge on any atom is -0.391 e. The summed E-state index contributed by atoms with van der Waals surface area (Å²) in [4.78, 5) is 17.5. The number of nitrogens with one attached hydrogen (secondary N) is 1. The maximum Gasteiger partial charge on any atom is 0.317 e. The Hall–Kier alpha value is -0.810. The average molecular weight is 378 g/mol. The van der Waals surface area contributed by atoms with Crippen molar-refractivity contribution in [1.82, 2.24) is 15.1 Å². The van der Waals surface area contributed by atoms with Crippen LogP contribution in [0, 0.1) is 5.92 Å². The molecule has 2 N–H and O–H groups in total. The molecule has 0 spiro atoms. The largest absolute Gasteiger partial charge is 0.391 e. The summed E-state index contributed by atoms with van der Waals surface area (Å²) < 4.78 is 0. The van der Waals surface area contributed by atoms with Gasteiger partial charge in [0.25, 0.3) is 0 Å². The van der Waals surface area contributed by atoms with Gasteiger partial charge in [-0.15, -0.1) is 0 Å². The molecule has 2 heterocycles. The molecule has 3 atom stereocenters. The Bertz CT molecular complexity index is 486. The zero-order valence-electron chi connectivity index (χ0n) is 17.0. The van der Waals surface area contributed by atoms with Crippen LogP contribution in [0.25, 0.3) is 0 Å². The van der Waals surface area contributed by atoms with E-state index in [9.17, 15) is 9.90 Å². The van der Waals surface area contributed by atoms with Crippen molar-refractivity contribution >= 4 is 6.03 Å². The molecule has 0 aromatic carbocycles. The van der Waals surface area contributed by atoms with Crippen molar-refractivity contribution in [2.75, 3.05) is 19.6 Å². The molecule has 4 aliphatic rings. The molecule has 5 nitrogen and oxygen atoms in total. The van der Waals surface area contributed by atoms with Gasteiger partial charge in [0.05, 0.1) is 6.10 Å². The number of hydrogen-bond acceptors (Lipinski definition) is 3. The van der Waals surface area contributed by atoms with Crippen molar-refractivity contribution in [3.63, 3.8) is 0 Å². The monoisotopic (exact) mass is 377 g/mol. The molecule has 5 heteroatoms. The number of carbonyl (C=O) groups excluding carboxylic acids is 1. The van der Waals surface area contributed by atoms with Crippen molar-refractivity contribution in [2.45, 2.75) is 108 Å². The Morgan fingerprint density at radius 2 is 1.63 bits per heavy atom. The highest BCUT2D eigenvalue weighted by molar-refractivity contribution is 5.75. The van der Waals surface area contributed by atoms with E-state index in [0.29, 0.717) is 18.1 Å². The van der Waals surface area contributed by atoms with Gasteiger partial charge in [-0.3, -0.25) is 4.90 Å². The number of aliphatic hydroxyl groups excluding tert-OH is 1. The SMILES string of the molecule is O=C(NC1CCN(C2CCCC2O)CC1)N1CCCC1CCC1CCCC1. The molecule has 2 saturated carbocycles. The van der Waals surface area contributed by atoms with E-state index >= 15 is 0 Å². The molecule has 0 aromatic heterocycles. The van der Waals surface area contributed by atoms with E-state index in [4.69, 9.17) is 0 Å². The molecule has 2 saturated heterocycles. The molecule has 2 amide bonds. The molecule has 0 bridgehead atoms. The highest BCUT2D eigenvalue weighted by Crippen LogP contribution is 2.32. The van der Waals surface area contributed by atoms with Crippen LogP contribution in [0.5, 0.6) is 0 Å². The van der Waals surface area contributed by atoms with Crippen LogP contribution in [0.4, 0.5) is 4.79 Å². The van der Waals surface area contributed by atoms with Gasteiger partial charge in [0, 0.05) is 37.8 Å². The molecule has 3 unspecified atom stereocenters. The third kappa shape index (κ3) is 4.79. The summed E-state index contributed by atoms with van der Waals surface area (Å²) in [6, 6.07) is 1.33. The standard InChI is InChI=1S/C22H39N3O2/c26-21-9-3-8-20(21)24-15-12-18(13-16-24)23-22(27)25-14-4-7-19(25)11-10-17-5-1-2-6-17/h17-21,26H,1-16H2,(H,23,27). The Kier molecular flexibility index (Phi) is 6.59. The molecule has 0 radical (unpaired) electrons. The Morgan fingerprint density at radius 3 is 2.33 bits per heavy atom. The Balaban J connectivity index is 1.20. The van der Waals surface area contributed by atoms with Gasteiger partial charge in [-0.1, -0.05) is 25.7 Å². The predicted molar refractivity (Wildman–Crippen MR) is 108 cm³/mol. The number of hydrogen-bond donors (Lipinski definition) is 2. The van der Waals surface area contributed by atoms with E-state index in [-0.39, 0.29) is 12.1 Å². The number of rotatable bonds is 5. The fourth-order valence-corrected chi connectivity index (χ4v) is 6.11. The number of piperidine rings is 1. The van der Waals surface area contributed by atoms with Crippen molar-refractivity contribution in [2.24, 2.45) is 5.92 Å². The van der Waals surface area contributed by atoms with E-state index in [1.165, 1.54) is 51.4 Å². The van der Waals surface area contributed by atoms with Crippen LogP contribution in [0.3, 0.4) is 0 Å². The van der Waals surface area contributed by atoms with E-state index in [0.717, 1.165) is 57.7 Å². The summed E-state index contributed by atoms with van der Waals surface area (Å²) in [6.45, 7) is 2.96. The summed E-state index contributed by atoms with van der Waals surface area (Å²) >= 11 is 0. The molecular formula is C22H39N3O2. The highest BCUT2D eigenvalue weighted by Gasteiger charge is 2.35. The van der Waals surface area contributed by atoms with Gasteiger partial charge in [0.2, 0.25) is 0 Å². The number of likely N-dealkylation sites (tertiary alicyclic amines) is 2. The smallest absolute Gasteiger partial charge is 0.317 e. The van der Waals surface area contributed by atoms with Gasteiger partial charge >= 0.3 is 6.03 Å². The van der Waals surface area contributed by atoms with Crippen LogP contribution in [0.15, 0.2) is 0 Å². The zero-order chi connectivity index (χ0) is 18.6. The minimum absolute atomic E-state index is 0.138. The topological polar surface area (TPSA) is 55.8 Å². The normalized spacial score (nSPS) is 33.8. The summed E-state index contributed by atoms with van der Waals surface area (Å²) in [5.41, 5.74) is 0. The lowest BCUT2D eigenvalue weighted by molar-refractivity contribution is 0.0528. The fourth-order valence-electron chi connectivity index (χ4n) is 6.11. The molecular weight excluding hydrogens is 338 g/mol. The number of carbonyl (C=O) groups is 1. The summed E-state index contributed by atoms with van der Waals surface area (Å²) in [7, 11) is 0. The summed E-state index contributed by atoms with van der Waals surface area (Å²) in [6.07, 6.45) is 15.7. The molecule has 0 aromatic rings. The van der Waals surface area contributed by atoms with Crippen LogP contribution >= 0.6 is 0 Å². The Morgan fingerprint density at radius 1 is 0.852 bits per heavy atom. The molecule has 27 heavy (non-hydrogen) atoms. The lowest BCUT2D eigenvalue weighted by Gasteiger charge is -2.38. The lowest BCUT2D eigenvalue weighted by atomic mass is 9.97. The van der Waals surface area contributed by atoms with Crippen LogP contribution in [0.1, 0.15) is 83.5 Å². The first kappa shape index (κ1) is 19.5. The number of urea groups is 1. The molecule has 154 valence electrons. The second-order valence-electron chi connectivity index (χ2n) is 9.54. The average Bonchev–Trinajstić information content (AvgIpc) is 3.42. The third-order valence-corrected chi connectivity index (χ3v) is 7.79. The van der Waals surface area contributed by atoms with Crippen LogP contribution in [-0.2, 0) is 0 Å². The zero-order valence-corrected chi connectivity index (χ0v) is 17.0. The van der Waals surface area contributed by atoms with Crippen LogP contribution in [-0.4, -0.2) is 64.8 Å². The number of aliphatic hydroxyl groups is 1. The molecule has 2 aliphatic carbocycles. The number of nitrogens with zero attached hydrogens (tertiary/aromatic N) is 2. The first-order chi connectivity index (χ1) is 13.2. The van der Waals surface area contributed by atoms with Crippen LogP contribution < -0.4 is 5.32 Å². The van der Waals surface area contributed by atoms with Crippen LogP contribution in [0.2, 0.25) is 0 Å². The van der Waals surface area contributed by atoms with E-state index < -0.39 is 0 Å². The van der Waals surface area contributed by atoms with Gasteiger partial charge in [-0.2, -0.15) is 0 Å². The molecule has 4 rings (SSSR count). The number of amides is 2. The Labute approximate surface area is 164 Å². The summed E-state index contributed by atoms with van der Waals surface area (Å²) in [5, 5.41) is 13.5. The maximum atomic E-state index is 12.9. The maximum absolute atomic E-state index is 12.9. The molecule has 4 fully saturated rings. The predicted octanol–water partition coefficient (Wildman–Crippen LogP) is 3.51. The van der Waals surface area contributed by atoms with E-state index in [2.05, 4.69) is 15.1 Å². The van der Waals surface area contributed by atoms with Gasteiger partial charge in [-0.25, -0.2) is 4.79 Å². The fraction of sp³-hybridized carbons (Fsp3) is 0.955. The van der Waals surface area contributed by atoms with Gasteiger partial charge < -0.3 is 15.3 Å². The second kappa shape index (κ2) is 9.13.